The highest BCUT2D eigenvalue weighted by Gasteiger charge is 2.02. The SMILES string of the molecule is BOCCC(C)OC(C)=O. The fraction of sp³-hybridized carbons (Fsp3) is 0.833. The van der Waals surface area contributed by atoms with Crippen molar-refractivity contribution in [1.29, 1.82) is 0 Å². The van der Waals surface area contributed by atoms with Gasteiger partial charge in [-0.25, -0.2) is 0 Å². The van der Waals surface area contributed by atoms with E-state index in [1.54, 1.807) is 8.05 Å². The van der Waals surface area contributed by atoms with Crippen LogP contribution in [-0.4, -0.2) is 26.7 Å². The Hall–Kier alpha value is -0.505. The van der Waals surface area contributed by atoms with Gasteiger partial charge in [0.05, 0.1) is 0 Å². The van der Waals surface area contributed by atoms with E-state index in [4.69, 9.17) is 9.39 Å². The first kappa shape index (κ1) is 9.49. The third kappa shape index (κ3) is 5.63. The molecule has 0 aromatic rings. The molecule has 0 fully saturated rings. The quantitative estimate of drug-likeness (QED) is 0.408. The average molecular weight is 144 g/mol. The lowest BCUT2D eigenvalue weighted by atomic mass is 10.3. The molecular formula is C6H13BO3. The highest BCUT2D eigenvalue weighted by Crippen LogP contribution is 1.96. The Balaban J connectivity index is 3.25. The molecular weight excluding hydrogens is 131 g/mol. The fourth-order valence-electron chi connectivity index (χ4n) is 0.626. The molecule has 0 spiro atoms. The van der Waals surface area contributed by atoms with Crippen LogP contribution in [0.15, 0.2) is 0 Å². The van der Waals surface area contributed by atoms with Crippen molar-refractivity contribution in [2.24, 2.45) is 0 Å². The normalized spacial score (nSPS) is 12.6. The molecule has 0 saturated carbocycles. The number of ether oxygens (including phenoxy) is 1. The van der Waals surface area contributed by atoms with Crippen LogP contribution >= 0.6 is 0 Å². The second-order valence-electron chi connectivity index (χ2n) is 2.20. The van der Waals surface area contributed by atoms with Crippen LogP contribution in [0.1, 0.15) is 20.3 Å². The Morgan fingerprint density at radius 3 is 2.70 bits per heavy atom. The first-order chi connectivity index (χ1) is 4.66. The molecule has 3 nitrogen and oxygen atoms in total. The topological polar surface area (TPSA) is 35.5 Å². The number of carbonyl (C=O) groups excluding carboxylic acids is 1. The lowest BCUT2D eigenvalue weighted by molar-refractivity contribution is -0.145. The van der Waals surface area contributed by atoms with Crippen molar-refractivity contribution in [3.05, 3.63) is 0 Å². The lowest BCUT2D eigenvalue weighted by Gasteiger charge is -2.10. The largest absolute Gasteiger partial charge is 0.463 e. The van der Waals surface area contributed by atoms with E-state index in [0.717, 1.165) is 6.42 Å². The lowest BCUT2D eigenvalue weighted by Crippen LogP contribution is -2.14. The second kappa shape index (κ2) is 5.29. The van der Waals surface area contributed by atoms with E-state index >= 15 is 0 Å². The third-order valence-electron chi connectivity index (χ3n) is 1.10. The van der Waals surface area contributed by atoms with E-state index < -0.39 is 0 Å². The van der Waals surface area contributed by atoms with Gasteiger partial charge in [-0.05, 0) is 6.92 Å². The predicted molar refractivity (Wildman–Crippen MR) is 40.3 cm³/mol. The zero-order chi connectivity index (χ0) is 7.98. The molecule has 0 heterocycles. The summed E-state index contributed by atoms with van der Waals surface area (Å²) in [4.78, 5) is 10.4. The summed E-state index contributed by atoms with van der Waals surface area (Å²) in [7, 11) is 1.63. The summed E-state index contributed by atoms with van der Waals surface area (Å²) in [5.41, 5.74) is 0. The summed E-state index contributed by atoms with van der Waals surface area (Å²) in [6.07, 6.45) is 0.730. The van der Waals surface area contributed by atoms with Crippen molar-refractivity contribution in [2.45, 2.75) is 26.4 Å². The Bertz CT molecular complexity index is 105. The molecule has 0 amide bonds. The maximum Gasteiger partial charge on any atom is 0.302 e. The van der Waals surface area contributed by atoms with Crippen molar-refractivity contribution in [2.75, 3.05) is 6.61 Å². The smallest absolute Gasteiger partial charge is 0.302 e. The molecule has 0 aromatic heterocycles. The molecule has 0 N–H and O–H groups in total. The van der Waals surface area contributed by atoms with Gasteiger partial charge in [0.1, 0.15) is 6.10 Å². The highest BCUT2D eigenvalue weighted by molar-refractivity contribution is 5.97. The Morgan fingerprint density at radius 1 is 1.70 bits per heavy atom. The molecule has 0 bridgehead atoms. The second-order valence-corrected chi connectivity index (χ2v) is 2.20. The zero-order valence-electron chi connectivity index (χ0n) is 6.72. The van der Waals surface area contributed by atoms with Gasteiger partial charge in [0.2, 0.25) is 0 Å². The Kier molecular flexibility index (Phi) is 5.03. The van der Waals surface area contributed by atoms with E-state index in [9.17, 15) is 4.79 Å². The van der Waals surface area contributed by atoms with Crippen LogP contribution in [0.3, 0.4) is 0 Å². The molecule has 10 heavy (non-hydrogen) atoms. The van der Waals surface area contributed by atoms with Gasteiger partial charge in [-0.15, -0.1) is 0 Å². The fourth-order valence-corrected chi connectivity index (χ4v) is 0.626. The Labute approximate surface area is 62.1 Å². The summed E-state index contributed by atoms with van der Waals surface area (Å²) in [6, 6.07) is 0. The summed E-state index contributed by atoms with van der Waals surface area (Å²) in [5, 5.41) is 0. The Morgan fingerprint density at radius 2 is 2.30 bits per heavy atom. The van der Waals surface area contributed by atoms with Gasteiger partial charge in [-0.1, -0.05) is 0 Å². The van der Waals surface area contributed by atoms with Crippen LogP contribution in [-0.2, 0) is 14.2 Å². The van der Waals surface area contributed by atoms with Gasteiger partial charge in [0.15, 0.2) is 0 Å². The van der Waals surface area contributed by atoms with Crippen molar-refractivity contribution < 1.29 is 14.2 Å². The molecule has 0 aliphatic heterocycles. The zero-order valence-corrected chi connectivity index (χ0v) is 6.72. The van der Waals surface area contributed by atoms with Crippen LogP contribution in [0.2, 0.25) is 0 Å². The van der Waals surface area contributed by atoms with Gasteiger partial charge >= 0.3 is 5.97 Å². The summed E-state index contributed by atoms with van der Waals surface area (Å²) < 4.78 is 9.64. The molecule has 0 aliphatic carbocycles. The van der Waals surface area contributed by atoms with Crippen molar-refractivity contribution in [3.63, 3.8) is 0 Å². The first-order valence-corrected chi connectivity index (χ1v) is 3.33. The predicted octanol–water partition coefficient (Wildman–Crippen LogP) is -0.107. The molecule has 0 aliphatic rings. The summed E-state index contributed by atoms with van der Waals surface area (Å²) >= 11 is 0. The molecule has 0 radical (unpaired) electrons. The minimum atomic E-state index is -0.233. The van der Waals surface area contributed by atoms with E-state index in [0.29, 0.717) is 6.61 Å². The van der Waals surface area contributed by atoms with Crippen LogP contribution in [0.5, 0.6) is 0 Å². The molecule has 0 aromatic carbocycles. The van der Waals surface area contributed by atoms with Gasteiger partial charge in [0, 0.05) is 20.0 Å². The van der Waals surface area contributed by atoms with Crippen LogP contribution in [0, 0.1) is 0 Å². The van der Waals surface area contributed by atoms with Gasteiger partial charge in [-0.2, -0.15) is 0 Å². The standard InChI is InChI=1S/C6H13BO3/c1-5(3-4-9-7)10-6(2)8/h5H,3-4,7H2,1-2H3. The minimum Gasteiger partial charge on any atom is -0.463 e. The molecule has 58 valence electrons. The van der Waals surface area contributed by atoms with Crippen LogP contribution < -0.4 is 0 Å². The molecule has 4 heteroatoms. The number of rotatable bonds is 4. The molecule has 1 unspecified atom stereocenters. The number of esters is 1. The van der Waals surface area contributed by atoms with Crippen molar-refractivity contribution in [1.82, 2.24) is 0 Å². The summed E-state index contributed by atoms with van der Waals surface area (Å²) in [6.45, 7) is 3.89. The van der Waals surface area contributed by atoms with Crippen molar-refractivity contribution in [3.8, 4) is 0 Å². The van der Waals surface area contributed by atoms with Gasteiger partial charge in [-0.3, -0.25) is 4.79 Å². The molecule has 0 saturated heterocycles. The first-order valence-electron chi connectivity index (χ1n) is 3.33. The van der Waals surface area contributed by atoms with E-state index in [-0.39, 0.29) is 12.1 Å². The molecule has 1 atom stereocenters. The van der Waals surface area contributed by atoms with E-state index in [2.05, 4.69) is 0 Å². The van der Waals surface area contributed by atoms with E-state index in [1.165, 1.54) is 6.92 Å². The summed E-state index contributed by atoms with van der Waals surface area (Å²) in [5.74, 6) is -0.233. The maximum atomic E-state index is 10.4. The average Bonchev–Trinajstić information content (AvgIpc) is 1.82. The van der Waals surface area contributed by atoms with Gasteiger partial charge in [0.25, 0.3) is 8.05 Å². The monoisotopic (exact) mass is 144 g/mol. The number of hydrogen-bond acceptors (Lipinski definition) is 3. The van der Waals surface area contributed by atoms with E-state index in [1.807, 2.05) is 6.92 Å². The highest BCUT2D eigenvalue weighted by atomic mass is 16.5. The number of carbonyl (C=O) groups is 1. The molecule has 0 rings (SSSR count). The minimum absolute atomic E-state index is 0.0301. The van der Waals surface area contributed by atoms with Crippen molar-refractivity contribution >= 4 is 14.0 Å². The van der Waals surface area contributed by atoms with Crippen LogP contribution in [0.4, 0.5) is 0 Å². The third-order valence-corrected chi connectivity index (χ3v) is 1.10. The van der Waals surface area contributed by atoms with Gasteiger partial charge < -0.3 is 9.39 Å². The number of hydrogen-bond donors (Lipinski definition) is 0. The van der Waals surface area contributed by atoms with Crippen LogP contribution in [0.25, 0.3) is 0 Å². The maximum absolute atomic E-state index is 10.4.